The van der Waals surface area contributed by atoms with Crippen LogP contribution in [0.3, 0.4) is 0 Å². The Hall–Kier alpha value is -0.290. The minimum Gasteiger partial charge on any atom is -0.232 e. The van der Waals surface area contributed by atoms with Crippen molar-refractivity contribution in [3.05, 3.63) is 28.3 Å². The molecule has 0 aliphatic carbocycles. The van der Waals surface area contributed by atoms with Gasteiger partial charge in [-0.25, -0.2) is 18.2 Å². The third kappa shape index (κ3) is 2.34. The first kappa shape index (κ1) is 10.8. The highest BCUT2D eigenvalue weighted by Crippen LogP contribution is 2.25. The molecule has 0 bridgehead atoms. The van der Waals surface area contributed by atoms with Gasteiger partial charge in [0.05, 0.1) is 0 Å². The van der Waals surface area contributed by atoms with Crippen LogP contribution in [0.2, 0.25) is 5.15 Å². The summed E-state index contributed by atoms with van der Waals surface area (Å²) in [6.45, 7) is 0. The number of pyridine rings is 1. The van der Waals surface area contributed by atoms with Crippen molar-refractivity contribution in [1.29, 1.82) is 0 Å². The van der Waals surface area contributed by atoms with Crippen molar-refractivity contribution in [3.8, 4) is 0 Å². The fourth-order valence-electron chi connectivity index (χ4n) is 0.810. The highest BCUT2D eigenvalue weighted by molar-refractivity contribution is 9.08. The van der Waals surface area contributed by atoms with Crippen molar-refractivity contribution in [3.63, 3.8) is 0 Å². The average Bonchev–Trinajstić information content (AvgIpc) is 2.08. The molecule has 0 aromatic carbocycles. The summed E-state index contributed by atoms with van der Waals surface area (Å²) in [6, 6.07) is 1.21. The normalized spacial score (nSPS) is 10.9. The van der Waals surface area contributed by atoms with E-state index in [-0.39, 0.29) is 16.0 Å². The molecule has 0 atom stereocenters. The SMILES string of the molecule is Fc1c(CBr)cc(Cl)nc1C(F)F. The van der Waals surface area contributed by atoms with E-state index >= 15 is 0 Å². The molecule has 0 N–H and O–H groups in total. The van der Waals surface area contributed by atoms with E-state index in [1.54, 1.807) is 0 Å². The lowest BCUT2D eigenvalue weighted by Crippen LogP contribution is -2.00. The smallest absolute Gasteiger partial charge is 0.232 e. The summed E-state index contributed by atoms with van der Waals surface area (Å²) in [5.74, 6) is -1.00. The summed E-state index contributed by atoms with van der Waals surface area (Å²) in [6.07, 6.45) is -2.95. The lowest BCUT2D eigenvalue weighted by molar-refractivity contribution is 0.140. The minimum atomic E-state index is -2.95. The predicted molar refractivity (Wildman–Crippen MR) is 46.8 cm³/mol. The third-order valence-electron chi connectivity index (χ3n) is 1.38. The Bertz CT molecular complexity index is 319. The van der Waals surface area contributed by atoms with Crippen LogP contribution in [0.1, 0.15) is 17.7 Å². The van der Waals surface area contributed by atoms with E-state index in [0.717, 1.165) is 0 Å². The second-order valence-electron chi connectivity index (χ2n) is 2.24. The monoisotopic (exact) mass is 273 g/mol. The zero-order valence-corrected chi connectivity index (χ0v) is 8.54. The fourth-order valence-corrected chi connectivity index (χ4v) is 1.44. The van der Waals surface area contributed by atoms with Gasteiger partial charge in [0.25, 0.3) is 6.43 Å². The van der Waals surface area contributed by atoms with E-state index in [2.05, 4.69) is 20.9 Å². The van der Waals surface area contributed by atoms with Crippen LogP contribution < -0.4 is 0 Å². The number of hydrogen-bond donors (Lipinski definition) is 0. The molecule has 0 spiro atoms. The zero-order chi connectivity index (χ0) is 10.0. The Morgan fingerprint density at radius 2 is 2.15 bits per heavy atom. The van der Waals surface area contributed by atoms with Gasteiger partial charge in [0.1, 0.15) is 10.8 Å². The van der Waals surface area contributed by atoms with Gasteiger partial charge >= 0.3 is 0 Å². The molecule has 1 rings (SSSR count). The molecule has 72 valence electrons. The molecule has 6 heteroatoms. The molecule has 1 aromatic rings. The molecule has 13 heavy (non-hydrogen) atoms. The summed E-state index contributed by atoms with van der Waals surface area (Å²) in [7, 11) is 0. The van der Waals surface area contributed by atoms with E-state index in [9.17, 15) is 13.2 Å². The lowest BCUT2D eigenvalue weighted by atomic mass is 10.2. The van der Waals surface area contributed by atoms with Gasteiger partial charge in [0, 0.05) is 10.9 Å². The van der Waals surface area contributed by atoms with Gasteiger partial charge in [-0.3, -0.25) is 0 Å². The molecule has 0 aliphatic heterocycles. The zero-order valence-electron chi connectivity index (χ0n) is 6.20. The number of alkyl halides is 3. The van der Waals surface area contributed by atoms with Crippen LogP contribution in [-0.2, 0) is 5.33 Å². The van der Waals surface area contributed by atoms with Crippen molar-refractivity contribution in [2.75, 3.05) is 0 Å². The first-order valence-electron chi connectivity index (χ1n) is 3.25. The summed E-state index contributed by atoms with van der Waals surface area (Å²) < 4.78 is 37.4. The van der Waals surface area contributed by atoms with Gasteiger partial charge in [-0.1, -0.05) is 27.5 Å². The molecule has 0 amide bonds. The van der Waals surface area contributed by atoms with E-state index < -0.39 is 17.9 Å². The molecular formula is C7H4BrClF3N. The van der Waals surface area contributed by atoms with Crippen molar-refractivity contribution in [1.82, 2.24) is 4.98 Å². The first-order valence-corrected chi connectivity index (χ1v) is 4.75. The molecule has 1 nitrogen and oxygen atoms in total. The topological polar surface area (TPSA) is 12.9 Å². The number of halogens is 5. The van der Waals surface area contributed by atoms with Crippen LogP contribution in [0.15, 0.2) is 6.07 Å². The standard InChI is InChI=1S/C7H4BrClF3N/c8-2-3-1-4(9)13-6(5(3)10)7(11)12/h1,7H,2H2. The van der Waals surface area contributed by atoms with Crippen molar-refractivity contribution in [2.45, 2.75) is 11.8 Å². The summed E-state index contributed by atoms with van der Waals surface area (Å²) in [5.41, 5.74) is -0.822. The molecule has 0 saturated heterocycles. The Kier molecular flexibility index (Phi) is 3.55. The van der Waals surface area contributed by atoms with Gasteiger partial charge in [-0.05, 0) is 6.07 Å². The maximum atomic E-state index is 13.1. The van der Waals surface area contributed by atoms with E-state index in [1.165, 1.54) is 6.07 Å². The van der Waals surface area contributed by atoms with Crippen LogP contribution in [-0.4, -0.2) is 4.98 Å². The summed E-state index contributed by atoms with van der Waals surface area (Å²) in [5, 5.41) is -0.00741. The number of nitrogens with zero attached hydrogens (tertiary/aromatic N) is 1. The van der Waals surface area contributed by atoms with Gasteiger partial charge in [-0.15, -0.1) is 0 Å². The number of rotatable bonds is 2. The van der Waals surface area contributed by atoms with Crippen LogP contribution in [0, 0.1) is 5.82 Å². The van der Waals surface area contributed by atoms with Crippen LogP contribution in [0.5, 0.6) is 0 Å². The number of aromatic nitrogens is 1. The van der Waals surface area contributed by atoms with Crippen LogP contribution in [0.25, 0.3) is 0 Å². The molecular weight excluding hydrogens is 270 g/mol. The number of hydrogen-bond acceptors (Lipinski definition) is 1. The van der Waals surface area contributed by atoms with Gasteiger partial charge in [0.15, 0.2) is 5.82 Å². The molecule has 0 unspecified atom stereocenters. The van der Waals surface area contributed by atoms with Crippen LogP contribution in [0.4, 0.5) is 13.2 Å². The van der Waals surface area contributed by atoms with E-state index in [1.807, 2.05) is 0 Å². The lowest BCUT2D eigenvalue weighted by Gasteiger charge is -2.05. The highest BCUT2D eigenvalue weighted by Gasteiger charge is 2.18. The molecule has 0 radical (unpaired) electrons. The fraction of sp³-hybridized carbons (Fsp3) is 0.286. The van der Waals surface area contributed by atoms with Gasteiger partial charge < -0.3 is 0 Å². The van der Waals surface area contributed by atoms with Crippen molar-refractivity contribution < 1.29 is 13.2 Å². The molecule has 0 saturated carbocycles. The van der Waals surface area contributed by atoms with Crippen molar-refractivity contribution in [2.24, 2.45) is 0 Å². The Morgan fingerprint density at radius 1 is 1.54 bits per heavy atom. The Morgan fingerprint density at radius 3 is 2.62 bits per heavy atom. The van der Waals surface area contributed by atoms with Gasteiger partial charge in [0.2, 0.25) is 0 Å². The third-order valence-corrected chi connectivity index (χ3v) is 2.18. The maximum Gasteiger partial charge on any atom is 0.283 e. The minimum absolute atomic E-state index is 0.0790. The molecule has 0 aliphatic rings. The van der Waals surface area contributed by atoms with Crippen molar-refractivity contribution >= 4 is 27.5 Å². The average molecular weight is 274 g/mol. The quantitative estimate of drug-likeness (QED) is 0.592. The van der Waals surface area contributed by atoms with E-state index in [4.69, 9.17) is 11.6 Å². The predicted octanol–water partition coefficient (Wildman–Crippen LogP) is 3.71. The molecule has 1 heterocycles. The first-order chi connectivity index (χ1) is 6.06. The Balaban J connectivity index is 3.27. The summed E-state index contributed by atoms with van der Waals surface area (Å²) in [4.78, 5) is 3.20. The van der Waals surface area contributed by atoms with Gasteiger partial charge in [-0.2, -0.15) is 0 Å². The Labute approximate surface area is 86.0 Å². The highest BCUT2D eigenvalue weighted by atomic mass is 79.9. The van der Waals surface area contributed by atoms with E-state index in [0.29, 0.717) is 0 Å². The second kappa shape index (κ2) is 4.28. The summed E-state index contributed by atoms with van der Waals surface area (Å²) >= 11 is 8.37. The molecule has 0 fully saturated rings. The largest absolute Gasteiger partial charge is 0.283 e. The van der Waals surface area contributed by atoms with Crippen LogP contribution >= 0.6 is 27.5 Å². The maximum absolute atomic E-state index is 13.1. The molecule has 1 aromatic heterocycles. The second-order valence-corrected chi connectivity index (χ2v) is 3.19.